The number of rotatable bonds is 8. The molecular formula is C16H27N3O2S. The number of aromatic nitrogens is 1. The minimum Gasteiger partial charge on any atom is -0.293 e. The number of sulfonamides is 1. The van der Waals surface area contributed by atoms with Crippen molar-refractivity contribution >= 4 is 10.0 Å². The zero-order valence-electron chi connectivity index (χ0n) is 13.8. The van der Waals surface area contributed by atoms with Crippen LogP contribution in [0, 0.1) is 5.92 Å². The SMILES string of the molecule is CCCS(=O)(=O)N1CC(N(Cc2ccncc2)CC(C)C)C1. The highest BCUT2D eigenvalue weighted by molar-refractivity contribution is 7.89. The van der Waals surface area contributed by atoms with Crippen LogP contribution in [0.1, 0.15) is 32.8 Å². The third-order valence-corrected chi connectivity index (χ3v) is 5.94. The Kier molecular flexibility index (Phi) is 5.94. The Hall–Kier alpha value is -0.980. The second kappa shape index (κ2) is 7.53. The average molecular weight is 325 g/mol. The van der Waals surface area contributed by atoms with Gasteiger partial charge in [-0.15, -0.1) is 0 Å². The van der Waals surface area contributed by atoms with Crippen molar-refractivity contribution in [2.75, 3.05) is 25.4 Å². The van der Waals surface area contributed by atoms with E-state index in [4.69, 9.17) is 0 Å². The molecule has 0 aliphatic carbocycles. The van der Waals surface area contributed by atoms with Crippen LogP contribution in [-0.2, 0) is 16.6 Å². The van der Waals surface area contributed by atoms with Gasteiger partial charge >= 0.3 is 0 Å². The molecule has 1 aliphatic heterocycles. The molecule has 1 aliphatic rings. The number of pyridine rings is 1. The Bertz CT molecular complexity index is 554. The van der Waals surface area contributed by atoms with Gasteiger partial charge in [-0.1, -0.05) is 20.8 Å². The van der Waals surface area contributed by atoms with Gasteiger partial charge in [0.1, 0.15) is 0 Å². The smallest absolute Gasteiger partial charge is 0.214 e. The summed E-state index contributed by atoms with van der Waals surface area (Å²) in [6, 6.07) is 4.37. The van der Waals surface area contributed by atoms with E-state index in [1.165, 1.54) is 5.56 Å². The molecule has 2 rings (SSSR count). The zero-order chi connectivity index (χ0) is 16.2. The maximum absolute atomic E-state index is 12.1. The van der Waals surface area contributed by atoms with E-state index in [1.807, 2.05) is 31.5 Å². The van der Waals surface area contributed by atoms with Crippen molar-refractivity contribution in [2.24, 2.45) is 5.92 Å². The quantitative estimate of drug-likeness (QED) is 0.733. The molecule has 0 N–H and O–H groups in total. The fraction of sp³-hybridized carbons (Fsp3) is 0.688. The van der Waals surface area contributed by atoms with Crippen molar-refractivity contribution in [3.05, 3.63) is 30.1 Å². The van der Waals surface area contributed by atoms with Crippen LogP contribution in [0.4, 0.5) is 0 Å². The van der Waals surface area contributed by atoms with E-state index in [0.717, 1.165) is 13.1 Å². The molecular weight excluding hydrogens is 298 g/mol. The van der Waals surface area contributed by atoms with Crippen LogP contribution < -0.4 is 0 Å². The minimum atomic E-state index is -3.04. The van der Waals surface area contributed by atoms with Crippen LogP contribution in [0.15, 0.2) is 24.5 Å². The lowest BCUT2D eigenvalue weighted by molar-refractivity contribution is 0.0713. The highest BCUT2D eigenvalue weighted by atomic mass is 32.2. The summed E-state index contributed by atoms with van der Waals surface area (Å²) in [5.41, 5.74) is 1.23. The average Bonchev–Trinajstić information content (AvgIpc) is 2.36. The van der Waals surface area contributed by atoms with Gasteiger partial charge in [0.05, 0.1) is 5.75 Å². The van der Waals surface area contributed by atoms with Gasteiger partial charge < -0.3 is 0 Å². The molecule has 0 spiro atoms. The van der Waals surface area contributed by atoms with Gasteiger partial charge in [-0.05, 0) is 30.0 Å². The van der Waals surface area contributed by atoms with Crippen LogP contribution in [0.3, 0.4) is 0 Å². The molecule has 0 radical (unpaired) electrons. The topological polar surface area (TPSA) is 53.5 Å². The number of hydrogen-bond acceptors (Lipinski definition) is 4. The molecule has 5 nitrogen and oxygen atoms in total. The van der Waals surface area contributed by atoms with Crippen LogP contribution in [-0.4, -0.2) is 54.0 Å². The first-order chi connectivity index (χ1) is 10.4. The Morgan fingerprint density at radius 3 is 2.50 bits per heavy atom. The first-order valence-electron chi connectivity index (χ1n) is 8.03. The summed E-state index contributed by atoms with van der Waals surface area (Å²) in [7, 11) is -3.04. The van der Waals surface area contributed by atoms with E-state index in [1.54, 1.807) is 4.31 Å². The van der Waals surface area contributed by atoms with Crippen molar-refractivity contribution in [2.45, 2.75) is 39.8 Å². The lowest BCUT2D eigenvalue weighted by Crippen LogP contribution is -2.61. The Balaban J connectivity index is 1.97. The fourth-order valence-corrected chi connectivity index (χ4v) is 4.37. The summed E-state index contributed by atoms with van der Waals surface area (Å²) < 4.78 is 25.7. The summed E-state index contributed by atoms with van der Waals surface area (Å²) in [6.45, 7) is 9.39. The first kappa shape index (κ1) is 17.4. The zero-order valence-corrected chi connectivity index (χ0v) is 14.6. The Labute approximate surface area is 134 Å². The molecule has 124 valence electrons. The van der Waals surface area contributed by atoms with E-state index in [-0.39, 0.29) is 5.75 Å². The van der Waals surface area contributed by atoms with Gasteiger partial charge in [-0.3, -0.25) is 9.88 Å². The minimum absolute atomic E-state index is 0.258. The summed E-state index contributed by atoms with van der Waals surface area (Å²) in [4.78, 5) is 6.45. The first-order valence-corrected chi connectivity index (χ1v) is 9.64. The Morgan fingerprint density at radius 2 is 1.95 bits per heavy atom. The molecule has 0 amide bonds. The molecule has 0 bridgehead atoms. The normalized spacial score (nSPS) is 17.1. The molecule has 6 heteroatoms. The predicted molar refractivity (Wildman–Crippen MR) is 88.9 cm³/mol. The summed E-state index contributed by atoms with van der Waals surface area (Å²) in [5, 5.41) is 0. The lowest BCUT2D eigenvalue weighted by atomic mass is 10.1. The summed E-state index contributed by atoms with van der Waals surface area (Å²) >= 11 is 0. The van der Waals surface area contributed by atoms with Crippen LogP contribution in [0.5, 0.6) is 0 Å². The van der Waals surface area contributed by atoms with Crippen molar-refractivity contribution in [1.29, 1.82) is 0 Å². The third-order valence-electron chi connectivity index (χ3n) is 3.94. The molecule has 2 heterocycles. The van der Waals surface area contributed by atoms with Gasteiger partial charge in [0, 0.05) is 44.6 Å². The van der Waals surface area contributed by atoms with Crippen molar-refractivity contribution < 1.29 is 8.42 Å². The molecule has 0 aromatic carbocycles. The maximum Gasteiger partial charge on any atom is 0.214 e. The van der Waals surface area contributed by atoms with Gasteiger partial charge in [-0.25, -0.2) is 8.42 Å². The summed E-state index contributed by atoms with van der Waals surface area (Å²) in [6.07, 6.45) is 4.29. The summed E-state index contributed by atoms with van der Waals surface area (Å²) in [5.74, 6) is 0.817. The number of hydrogen-bond donors (Lipinski definition) is 0. The van der Waals surface area contributed by atoms with Crippen molar-refractivity contribution in [3.63, 3.8) is 0 Å². The molecule has 1 saturated heterocycles. The lowest BCUT2D eigenvalue weighted by Gasteiger charge is -2.45. The molecule has 0 unspecified atom stereocenters. The standard InChI is InChI=1S/C16H27N3O2S/c1-4-9-22(20,21)19-12-16(13-19)18(10-14(2)3)11-15-5-7-17-8-6-15/h5-8,14,16H,4,9-13H2,1-3H3. The second-order valence-electron chi connectivity index (χ2n) is 6.47. The van der Waals surface area contributed by atoms with Crippen molar-refractivity contribution in [1.82, 2.24) is 14.2 Å². The fourth-order valence-electron chi connectivity index (χ4n) is 2.80. The molecule has 0 atom stereocenters. The van der Waals surface area contributed by atoms with Crippen LogP contribution in [0.25, 0.3) is 0 Å². The number of nitrogens with zero attached hydrogens (tertiary/aromatic N) is 3. The molecule has 1 fully saturated rings. The van der Waals surface area contributed by atoms with E-state index < -0.39 is 10.0 Å². The monoisotopic (exact) mass is 325 g/mol. The van der Waals surface area contributed by atoms with Gasteiger partial charge in [0.2, 0.25) is 10.0 Å². The molecule has 1 aromatic heterocycles. The molecule has 0 saturated carbocycles. The highest BCUT2D eigenvalue weighted by Gasteiger charge is 2.38. The third kappa shape index (κ3) is 4.51. The van der Waals surface area contributed by atoms with Crippen LogP contribution >= 0.6 is 0 Å². The molecule has 22 heavy (non-hydrogen) atoms. The van der Waals surface area contributed by atoms with E-state index in [0.29, 0.717) is 31.5 Å². The largest absolute Gasteiger partial charge is 0.293 e. The van der Waals surface area contributed by atoms with E-state index >= 15 is 0 Å². The Morgan fingerprint density at radius 1 is 1.32 bits per heavy atom. The van der Waals surface area contributed by atoms with Gasteiger partial charge in [0.15, 0.2) is 0 Å². The van der Waals surface area contributed by atoms with Gasteiger partial charge in [-0.2, -0.15) is 4.31 Å². The highest BCUT2D eigenvalue weighted by Crippen LogP contribution is 2.22. The van der Waals surface area contributed by atoms with E-state index in [2.05, 4.69) is 23.7 Å². The maximum atomic E-state index is 12.1. The van der Waals surface area contributed by atoms with Crippen molar-refractivity contribution in [3.8, 4) is 0 Å². The second-order valence-corrected chi connectivity index (χ2v) is 8.55. The van der Waals surface area contributed by atoms with E-state index in [9.17, 15) is 8.42 Å². The van der Waals surface area contributed by atoms with Gasteiger partial charge in [0.25, 0.3) is 0 Å². The van der Waals surface area contributed by atoms with Crippen LogP contribution in [0.2, 0.25) is 0 Å². The molecule has 1 aromatic rings. The predicted octanol–water partition coefficient (Wildman–Crippen LogP) is 1.96.